The van der Waals surface area contributed by atoms with Crippen molar-refractivity contribution in [2.45, 2.75) is 13.3 Å². The lowest BCUT2D eigenvalue weighted by atomic mass is 10.2. The smallest absolute Gasteiger partial charge is 0.246 e. The van der Waals surface area contributed by atoms with Crippen LogP contribution in [0.15, 0.2) is 54.7 Å². The molecule has 0 aliphatic heterocycles. The second kappa shape index (κ2) is 8.73. The Morgan fingerprint density at radius 2 is 2.00 bits per heavy atom. The number of para-hydroxylation sites is 1. The summed E-state index contributed by atoms with van der Waals surface area (Å²) in [6.07, 6.45) is 5.88. The number of rotatable bonds is 7. The Balaban J connectivity index is 1.93. The van der Waals surface area contributed by atoms with E-state index in [2.05, 4.69) is 4.98 Å². The number of carbonyl (C=O) groups is 1. The lowest BCUT2D eigenvalue weighted by Gasteiger charge is -2.14. The molecule has 0 aliphatic carbocycles. The third kappa shape index (κ3) is 5.25. The maximum Gasteiger partial charge on any atom is 0.246 e. The van der Waals surface area contributed by atoms with Crippen molar-refractivity contribution in [1.29, 1.82) is 0 Å². The van der Waals surface area contributed by atoms with E-state index in [1.165, 1.54) is 0 Å². The first kappa shape index (κ1) is 16.7. The number of ether oxygens (including phenoxy) is 1. The van der Waals surface area contributed by atoms with Crippen LogP contribution >= 0.6 is 0 Å². The highest BCUT2D eigenvalue weighted by Gasteiger charge is 2.06. The van der Waals surface area contributed by atoms with Crippen LogP contribution in [0.3, 0.4) is 0 Å². The second-order valence-electron chi connectivity index (χ2n) is 5.14. The Morgan fingerprint density at radius 1 is 1.22 bits per heavy atom. The summed E-state index contributed by atoms with van der Waals surface area (Å²) in [5.41, 5.74) is 1.89. The first-order chi connectivity index (χ1) is 11.2. The van der Waals surface area contributed by atoms with Crippen molar-refractivity contribution >= 4 is 12.0 Å². The standard InChI is InChI=1S/C19H22N2O2/c1-3-23-18-10-5-4-8-16(18)11-12-19(22)21(2)15-13-17-9-6-7-14-20-17/h4-12,14H,3,13,15H2,1-2H3/b12-11+. The molecule has 0 saturated carbocycles. The zero-order chi connectivity index (χ0) is 16.5. The predicted octanol–water partition coefficient (Wildman–Crippen LogP) is 3.19. The minimum absolute atomic E-state index is 0.0350. The molecule has 2 aromatic rings. The molecule has 0 spiro atoms. The summed E-state index contributed by atoms with van der Waals surface area (Å²) in [7, 11) is 1.80. The van der Waals surface area contributed by atoms with Gasteiger partial charge in [-0.3, -0.25) is 9.78 Å². The molecule has 0 radical (unpaired) electrons. The number of hydrogen-bond donors (Lipinski definition) is 0. The minimum atomic E-state index is -0.0350. The molecule has 4 nitrogen and oxygen atoms in total. The first-order valence-corrected chi connectivity index (χ1v) is 7.75. The van der Waals surface area contributed by atoms with Crippen LogP contribution in [0, 0.1) is 0 Å². The van der Waals surface area contributed by atoms with Crippen LogP contribution in [0.1, 0.15) is 18.2 Å². The summed E-state index contributed by atoms with van der Waals surface area (Å²) in [6, 6.07) is 13.5. The van der Waals surface area contributed by atoms with E-state index < -0.39 is 0 Å². The Bertz CT molecular complexity index is 653. The Kier molecular flexibility index (Phi) is 6.36. The average Bonchev–Trinajstić information content (AvgIpc) is 2.59. The Hall–Kier alpha value is -2.62. The van der Waals surface area contributed by atoms with Crippen molar-refractivity contribution in [2.75, 3.05) is 20.2 Å². The molecule has 0 N–H and O–H groups in total. The maximum absolute atomic E-state index is 12.2. The largest absolute Gasteiger partial charge is 0.493 e. The summed E-state index contributed by atoms with van der Waals surface area (Å²) >= 11 is 0. The van der Waals surface area contributed by atoms with Crippen LogP contribution in [-0.4, -0.2) is 36.0 Å². The zero-order valence-electron chi connectivity index (χ0n) is 13.6. The lowest BCUT2D eigenvalue weighted by molar-refractivity contribution is -0.124. The van der Waals surface area contributed by atoms with Gasteiger partial charge in [0.1, 0.15) is 5.75 Å². The van der Waals surface area contributed by atoms with Crippen molar-refractivity contribution in [3.05, 3.63) is 66.0 Å². The maximum atomic E-state index is 12.2. The molecule has 0 unspecified atom stereocenters. The van der Waals surface area contributed by atoms with E-state index in [0.717, 1.165) is 23.4 Å². The van der Waals surface area contributed by atoms with Gasteiger partial charge in [0.05, 0.1) is 6.61 Å². The molecular formula is C19H22N2O2. The van der Waals surface area contributed by atoms with Gasteiger partial charge in [-0.15, -0.1) is 0 Å². The molecule has 4 heteroatoms. The van der Waals surface area contributed by atoms with Crippen LogP contribution in [0.5, 0.6) is 5.75 Å². The van der Waals surface area contributed by atoms with Crippen LogP contribution in [0.2, 0.25) is 0 Å². The van der Waals surface area contributed by atoms with E-state index in [1.54, 1.807) is 30.3 Å². The SMILES string of the molecule is CCOc1ccccc1/C=C/C(=O)N(C)CCc1ccccn1. The van der Waals surface area contributed by atoms with Crippen molar-refractivity contribution in [1.82, 2.24) is 9.88 Å². The monoisotopic (exact) mass is 310 g/mol. The molecule has 0 bridgehead atoms. The molecule has 2 rings (SSSR count). The Labute approximate surface area is 137 Å². The molecule has 23 heavy (non-hydrogen) atoms. The normalized spacial score (nSPS) is 10.7. The first-order valence-electron chi connectivity index (χ1n) is 7.75. The number of carbonyl (C=O) groups excluding carboxylic acids is 1. The van der Waals surface area contributed by atoms with Gasteiger partial charge < -0.3 is 9.64 Å². The molecule has 0 fully saturated rings. The third-order valence-electron chi connectivity index (χ3n) is 3.43. The van der Waals surface area contributed by atoms with Gasteiger partial charge in [0, 0.05) is 43.5 Å². The highest BCUT2D eigenvalue weighted by molar-refractivity contribution is 5.92. The lowest BCUT2D eigenvalue weighted by Crippen LogP contribution is -2.27. The Morgan fingerprint density at radius 3 is 2.74 bits per heavy atom. The van der Waals surface area contributed by atoms with Gasteiger partial charge in [-0.2, -0.15) is 0 Å². The average molecular weight is 310 g/mol. The third-order valence-corrected chi connectivity index (χ3v) is 3.43. The fourth-order valence-electron chi connectivity index (χ4n) is 2.13. The number of amides is 1. The van der Waals surface area contributed by atoms with Crippen molar-refractivity contribution in [3.8, 4) is 5.75 Å². The number of benzene rings is 1. The highest BCUT2D eigenvalue weighted by Crippen LogP contribution is 2.19. The quantitative estimate of drug-likeness (QED) is 0.738. The van der Waals surface area contributed by atoms with Gasteiger partial charge in [-0.25, -0.2) is 0 Å². The van der Waals surface area contributed by atoms with Crippen molar-refractivity contribution in [2.24, 2.45) is 0 Å². The number of likely N-dealkylation sites (N-methyl/N-ethyl adjacent to an activating group) is 1. The number of aromatic nitrogens is 1. The molecule has 1 aromatic heterocycles. The molecule has 120 valence electrons. The van der Waals surface area contributed by atoms with Gasteiger partial charge in [-0.05, 0) is 31.2 Å². The van der Waals surface area contributed by atoms with E-state index in [1.807, 2.05) is 49.4 Å². The summed E-state index contributed by atoms with van der Waals surface area (Å²) in [5, 5.41) is 0. The molecule has 0 atom stereocenters. The van der Waals surface area contributed by atoms with Gasteiger partial charge in [-0.1, -0.05) is 24.3 Å². The summed E-state index contributed by atoms with van der Waals surface area (Å²) in [4.78, 5) is 18.1. The van der Waals surface area contributed by atoms with Gasteiger partial charge in [0.25, 0.3) is 0 Å². The van der Waals surface area contributed by atoms with E-state index in [9.17, 15) is 4.79 Å². The molecule has 1 aromatic carbocycles. The van der Waals surface area contributed by atoms with Crippen molar-refractivity contribution in [3.63, 3.8) is 0 Å². The fraction of sp³-hybridized carbons (Fsp3) is 0.263. The molecule has 1 heterocycles. The van der Waals surface area contributed by atoms with Crippen LogP contribution in [-0.2, 0) is 11.2 Å². The zero-order valence-corrected chi connectivity index (χ0v) is 13.6. The number of pyridine rings is 1. The van der Waals surface area contributed by atoms with E-state index in [-0.39, 0.29) is 5.91 Å². The van der Waals surface area contributed by atoms with Crippen LogP contribution < -0.4 is 4.74 Å². The van der Waals surface area contributed by atoms with Gasteiger partial charge >= 0.3 is 0 Å². The minimum Gasteiger partial charge on any atom is -0.493 e. The van der Waals surface area contributed by atoms with Crippen LogP contribution in [0.4, 0.5) is 0 Å². The topological polar surface area (TPSA) is 42.4 Å². The molecule has 0 saturated heterocycles. The van der Waals surface area contributed by atoms with E-state index in [0.29, 0.717) is 13.2 Å². The molecule has 1 amide bonds. The fourth-order valence-corrected chi connectivity index (χ4v) is 2.13. The summed E-state index contributed by atoms with van der Waals surface area (Å²) < 4.78 is 5.55. The van der Waals surface area contributed by atoms with E-state index in [4.69, 9.17) is 4.74 Å². The van der Waals surface area contributed by atoms with E-state index >= 15 is 0 Å². The number of nitrogens with zero attached hydrogens (tertiary/aromatic N) is 2. The summed E-state index contributed by atoms with van der Waals surface area (Å²) in [6.45, 7) is 3.17. The molecule has 0 aliphatic rings. The second-order valence-corrected chi connectivity index (χ2v) is 5.14. The number of hydrogen-bond acceptors (Lipinski definition) is 3. The van der Waals surface area contributed by atoms with Gasteiger partial charge in [0.2, 0.25) is 5.91 Å². The van der Waals surface area contributed by atoms with Gasteiger partial charge in [0.15, 0.2) is 0 Å². The van der Waals surface area contributed by atoms with Crippen molar-refractivity contribution < 1.29 is 9.53 Å². The highest BCUT2D eigenvalue weighted by atomic mass is 16.5. The predicted molar refractivity (Wildman–Crippen MR) is 92.2 cm³/mol. The van der Waals surface area contributed by atoms with Crippen LogP contribution in [0.25, 0.3) is 6.08 Å². The molecular weight excluding hydrogens is 288 g/mol. The summed E-state index contributed by atoms with van der Waals surface area (Å²) in [5.74, 6) is 0.752.